The smallest absolute Gasteiger partial charge is 0.169 e. The third-order valence-electron chi connectivity index (χ3n) is 3.66. The van der Waals surface area contributed by atoms with E-state index in [0.29, 0.717) is 0 Å². The van der Waals surface area contributed by atoms with E-state index in [9.17, 15) is 0 Å². The summed E-state index contributed by atoms with van der Waals surface area (Å²) >= 11 is 0. The lowest BCUT2D eigenvalue weighted by atomic mass is 10.1. The van der Waals surface area contributed by atoms with Gasteiger partial charge in [0.1, 0.15) is 13.1 Å². The molecule has 0 amide bonds. The summed E-state index contributed by atoms with van der Waals surface area (Å²) in [6.07, 6.45) is 13.7. The number of aryl methyl sites for hydroxylation is 2. The molecule has 0 aromatic carbocycles. The van der Waals surface area contributed by atoms with Crippen LogP contribution in [0.15, 0.2) is 49.1 Å². The number of unbranched alkanes of at least 4 members (excludes halogenated alkanes) is 2. The lowest BCUT2D eigenvalue weighted by molar-refractivity contribution is -2.00. The van der Waals surface area contributed by atoms with E-state index < -0.39 is 20.5 Å². The lowest BCUT2D eigenvalue weighted by Crippen LogP contribution is -2.68. The first-order valence-corrected chi connectivity index (χ1v) is 11.5. The van der Waals surface area contributed by atoms with Crippen molar-refractivity contribution in [1.82, 2.24) is 0 Å². The van der Waals surface area contributed by atoms with Crippen LogP contribution in [0.4, 0.5) is 0 Å². The Hall–Kier alpha value is -1.44. The summed E-state index contributed by atoms with van der Waals surface area (Å²) < 4.78 is 72.5. The molecule has 12 heteroatoms. The van der Waals surface area contributed by atoms with Crippen LogP contribution in [0.5, 0.6) is 0 Å². The highest BCUT2D eigenvalue weighted by molar-refractivity contribution is 5.60. The van der Waals surface area contributed by atoms with Gasteiger partial charge in [-0.1, -0.05) is 26.7 Å². The molecule has 2 heterocycles. The summed E-state index contributed by atoms with van der Waals surface area (Å²) in [4.78, 5) is 0. The highest BCUT2D eigenvalue weighted by Gasteiger charge is 2.05. The fourth-order valence-electron chi connectivity index (χ4n) is 2.28. The first kappa shape index (κ1) is 28.6. The first-order chi connectivity index (χ1) is 13.8. The van der Waals surface area contributed by atoms with Crippen LogP contribution in [0.25, 0.3) is 11.1 Å². The van der Waals surface area contributed by atoms with Crippen molar-refractivity contribution < 1.29 is 66.9 Å². The number of hydrogen-bond donors (Lipinski definition) is 0. The number of halogens is 2. The molecule has 30 heavy (non-hydrogen) atoms. The SMILES string of the molecule is CCCC[n+]1ccc(-c2cc[n+](CCCC)cc2)cc1.[O-][Cl+3]([O-])([O-])[O-].[O-][Cl+3]([O-])([O-])[O-]. The molecule has 0 aliphatic carbocycles. The fourth-order valence-corrected chi connectivity index (χ4v) is 2.28. The predicted molar refractivity (Wildman–Crippen MR) is 82.1 cm³/mol. The summed E-state index contributed by atoms with van der Waals surface area (Å²) in [7, 11) is -9.89. The number of aromatic nitrogens is 2. The van der Waals surface area contributed by atoms with E-state index in [-0.39, 0.29) is 0 Å². The molecule has 2 aromatic rings. The van der Waals surface area contributed by atoms with Crippen molar-refractivity contribution >= 4 is 0 Å². The van der Waals surface area contributed by atoms with E-state index in [4.69, 9.17) is 37.3 Å². The van der Waals surface area contributed by atoms with Crippen LogP contribution in [0.3, 0.4) is 0 Å². The molecule has 0 fully saturated rings. The molecule has 0 aliphatic rings. The average Bonchev–Trinajstić information content (AvgIpc) is 2.63. The summed E-state index contributed by atoms with van der Waals surface area (Å²) in [6, 6.07) is 8.84. The Morgan fingerprint density at radius 1 is 0.567 bits per heavy atom. The normalized spacial score (nSPS) is 11.1. The molecule has 0 N–H and O–H groups in total. The minimum atomic E-state index is -4.94. The number of hydrogen-bond acceptors (Lipinski definition) is 8. The largest absolute Gasteiger partial charge is 0.222 e. The van der Waals surface area contributed by atoms with Crippen molar-refractivity contribution in [1.29, 1.82) is 0 Å². The second-order valence-electron chi connectivity index (χ2n) is 6.11. The van der Waals surface area contributed by atoms with Crippen molar-refractivity contribution in [3.05, 3.63) is 49.1 Å². The molecular formula is C18H26Cl2N2O8. The Morgan fingerprint density at radius 2 is 0.800 bits per heavy atom. The minimum Gasteiger partial charge on any atom is -0.222 e. The van der Waals surface area contributed by atoms with Crippen LogP contribution < -0.4 is 46.4 Å². The van der Waals surface area contributed by atoms with Crippen molar-refractivity contribution in [2.75, 3.05) is 0 Å². The Kier molecular flexibility index (Phi) is 13.8. The highest BCUT2D eigenvalue weighted by atomic mass is 35.7. The Morgan fingerprint density at radius 3 is 1.00 bits per heavy atom. The molecule has 0 bridgehead atoms. The topological polar surface area (TPSA) is 192 Å². The van der Waals surface area contributed by atoms with Crippen LogP contribution >= 0.6 is 0 Å². The average molecular weight is 469 g/mol. The van der Waals surface area contributed by atoms with Gasteiger partial charge in [0.05, 0.1) is 0 Å². The van der Waals surface area contributed by atoms with E-state index in [2.05, 4.69) is 72.0 Å². The molecule has 10 nitrogen and oxygen atoms in total. The molecule has 0 saturated heterocycles. The molecule has 0 atom stereocenters. The summed E-state index contributed by atoms with van der Waals surface area (Å²) in [5, 5.41) is 0. The van der Waals surface area contributed by atoms with E-state index >= 15 is 0 Å². The number of rotatable bonds is 7. The van der Waals surface area contributed by atoms with Crippen LogP contribution in [-0.4, -0.2) is 0 Å². The molecule has 0 radical (unpaired) electrons. The first-order valence-electron chi connectivity index (χ1n) is 9.05. The van der Waals surface area contributed by atoms with Crippen molar-refractivity contribution in [3.63, 3.8) is 0 Å². The van der Waals surface area contributed by atoms with Gasteiger partial charge in [0.25, 0.3) is 0 Å². The van der Waals surface area contributed by atoms with Crippen molar-refractivity contribution in [2.45, 2.75) is 52.6 Å². The molecule has 170 valence electrons. The Balaban J connectivity index is 0.000000702. The van der Waals surface area contributed by atoms with Gasteiger partial charge in [0.2, 0.25) is 0 Å². The van der Waals surface area contributed by atoms with Crippen LogP contribution in [0.1, 0.15) is 39.5 Å². The number of nitrogens with zero attached hydrogens (tertiary/aromatic N) is 2. The van der Waals surface area contributed by atoms with Gasteiger partial charge in [-0.15, -0.1) is 20.5 Å². The maximum Gasteiger partial charge on any atom is 0.169 e. The fraction of sp³-hybridized carbons (Fsp3) is 0.444. The van der Waals surface area contributed by atoms with Gasteiger partial charge in [-0.25, -0.2) is 46.4 Å². The minimum absolute atomic E-state index is 1.11. The highest BCUT2D eigenvalue weighted by Crippen LogP contribution is 2.15. The monoisotopic (exact) mass is 468 g/mol. The van der Waals surface area contributed by atoms with Gasteiger partial charge in [-0.3, -0.25) is 0 Å². The van der Waals surface area contributed by atoms with Crippen LogP contribution in [0.2, 0.25) is 0 Å². The molecule has 0 saturated carbocycles. The molecular weight excluding hydrogens is 443 g/mol. The summed E-state index contributed by atoms with van der Waals surface area (Å²) in [6.45, 7) is 6.69. The maximum absolute atomic E-state index is 8.49. The second kappa shape index (κ2) is 14.5. The van der Waals surface area contributed by atoms with Gasteiger partial charge in [-0.05, 0) is 11.1 Å². The zero-order chi connectivity index (χ0) is 23.2. The third kappa shape index (κ3) is 18.6. The standard InChI is InChI=1S/C18H26N2.2ClHO4/c1-3-5-11-19-13-7-17(8-14-19)18-9-15-20(16-10-18)12-6-4-2;2*2-1(3,4)5/h7-10,13-16H,3-6,11-12H2,1-2H3;2*(H,2,3,4,5)/q+2;;/p-2. The molecule has 2 aromatic heterocycles. The van der Waals surface area contributed by atoms with Gasteiger partial charge >= 0.3 is 0 Å². The number of pyridine rings is 2. The Labute approximate surface area is 180 Å². The van der Waals surface area contributed by atoms with Gasteiger partial charge in [0.15, 0.2) is 24.8 Å². The maximum atomic E-state index is 8.49. The quantitative estimate of drug-likeness (QED) is 0.358. The zero-order valence-electron chi connectivity index (χ0n) is 16.8. The third-order valence-corrected chi connectivity index (χ3v) is 3.66. The predicted octanol–water partition coefficient (Wildman–Crippen LogP) is -5.98. The summed E-state index contributed by atoms with van der Waals surface area (Å²) in [5.74, 6) is 0. The second-order valence-corrected chi connectivity index (χ2v) is 7.62. The van der Waals surface area contributed by atoms with E-state index in [1.54, 1.807) is 0 Å². The van der Waals surface area contributed by atoms with Gasteiger partial charge < -0.3 is 0 Å². The van der Waals surface area contributed by atoms with Crippen molar-refractivity contribution in [3.8, 4) is 11.1 Å². The van der Waals surface area contributed by atoms with Crippen molar-refractivity contribution in [2.24, 2.45) is 0 Å². The zero-order valence-corrected chi connectivity index (χ0v) is 18.3. The van der Waals surface area contributed by atoms with Gasteiger partial charge in [0, 0.05) is 37.1 Å². The van der Waals surface area contributed by atoms with Gasteiger partial charge in [-0.2, -0.15) is 0 Å². The van der Waals surface area contributed by atoms with Crippen LogP contribution in [0, 0.1) is 20.5 Å². The molecule has 0 aliphatic heterocycles. The lowest BCUT2D eigenvalue weighted by Gasteiger charge is -2.17. The van der Waals surface area contributed by atoms with E-state index in [0.717, 1.165) is 13.1 Å². The van der Waals surface area contributed by atoms with Crippen LogP contribution in [-0.2, 0) is 13.1 Å². The molecule has 2 rings (SSSR count). The molecule has 0 spiro atoms. The van der Waals surface area contributed by atoms with E-state index in [1.165, 1.54) is 36.8 Å². The molecule has 0 unspecified atom stereocenters. The summed E-state index contributed by atoms with van der Waals surface area (Å²) in [5.41, 5.74) is 2.58. The Bertz CT molecular complexity index is 616. The van der Waals surface area contributed by atoms with E-state index in [1.807, 2.05) is 0 Å².